The number of rotatable bonds is 7. The van der Waals surface area contributed by atoms with Crippen LogP contribution in [0.4, 0.5) is 11.6 Å². The van der Waals surface area contributed by atoms with Gasteiger partial charge < -0.3 is 15.4 Å². The Kier molecular flexibility index (Phi) is 6.28. The normalized spacial score (nSPS) is 12.9. The minimum Gasteiger partial charge on any atom is -0.477 e. The number of anilines is 2. The van der Waals surface area contributed by atoms with E-state index in [4.69, 9.17) is 10.3 Å². The molecule has 0 saturated carbocycles. The van der Waals surface area contributed by atoms with Crippen LogP contribution in [0.2, 0.25) is 0 Å². The number of nitrogens with zero attached hydrogens (tertiary/aromatic N) is 4. The summed E-state index contributed by atoms with van der Waals surface area (Å²) in [7, 11) is -2.32. The molecule has 0 aliphatic heterocycles. The zero-order valence-electron chi connectivity index (χ0n) is 20.2. The molecule has 3 aromatic heterocycles. The molecule has 0 saturated heterocycles. The van der Waals surface area contributed by atoms with E-state index in [1.807, 2.05) is 56.3 Å². The molecule has 0 aliphatic rings. The molecule has 0 spiro atoms. The number of aryl methyl sites for hydroxylation is 2. The van der Waals surface area contributed by atoms with Crippen molar-refractivity contribution in [2.45, 2.75) is 13.8 Å². The van der Waals surface area contributed by atoms with Crippen molar-refractivity contribution >= 4 is 47.4 Å². The Balaban J connectivity index is 1.48. The third kappa shape index (κ3) is 4.60. The van der Waals surface area contributed by atoms with Gasteiger partial charge in [-0.05, 0) is 31.5 Å². The number of aromatic carboxylic acids is 1. The summed E-state index contributed by atoms with van der Waals surface area (Å²) in [5.74, 6) is -0.712. The highest BCUT2D eigenvalue weighted by molar-refractivity contribution is 7.68. The van der Waals surface area contributed by atoms with Crippen LogP contribution < -0.4 is 16.1 Å². The Bertz CT molecular complexity index is 1700. The van der Waals surface area contributed by atoms with E-state index in [-0.39, 0.29) is 10.7 Å². The number of benzene rings is 2. The maximum Gasteiger partial charge on any atom is 0.349 e. The fourth-order valence-electron chi connectivity index (χ4n) is 3.98. The first-order chi connectivity index (χ1) is 17.7. The molecule has 0 bridgehead atoms. The van der Waals surface area contributed by atoms with Crippen molar-refractivity contribution in [3.63, 3.8) is 0 Å². The molecule has 0 aliphatic carbocycles. The summed E-state index contributed by atoms with van der Waals surface area (Å²) in [6.45, 7) is 3.76. The van der Waals surface area contributed by atoms with Gasteiger partial charge in [0.25, 0.3) is 0 Å². The molecule has 37 heavy (non-hydrogen) atoms. The third-order valence-corrected chi connectivity index (χ3v) is 9.06. The van der Waals surface area contributed by atoms with Crippen molar-refractivity contribution in [2.24, 2.45) is 0 Å². The lowest BCUT2D eigenvalue weighted by Gasteiger charge is -2.20. The van der Waals surface area contributed by atoms with Gasteiger partial charge in [0.15, 0.2) is 16.3 Å². The average Bonchev–Trinajstić information content (AvgIpc) is 3.49. The molecule has 12 heteroatoms. The van der Waals surface area contributed by atoms with E-state index in [9.17, 15) is 14.5 Å². The Morgan fingerprint density at radius 1 is 1.11 bits per heavy atom. The molecule has 5 rings (SSSR count). The molecular weight excluding hydrogens is 511 g/mol. The largest absolute Gasteiger partial charge is 0.477 e. The summed E-state index contributed by atoms with van der Waals surface area (Å²) in [5, 5.41) is 18.0. The van der Waals surface area contributed by atoms with Crippen molar-refractivity contribution in [2.75, 3.05) is 17.9 Å². The van der Waals surface area contributed by atoms with Crippen LogP contribution in [0.3, 0.4) is 0 Å². The number of carbonyl (C=O) groups is 1. The summed E-state index contributed by atoms with van der Waals surface area (Å²) in [4.78, 5) is 20.7. The minimum atomic E-state index is -3.64. The topological polar surface area (TPSA) is 145 Å². The van der Waals surface area contributed by atoms with E-state index in [0.717, 1.165) is 28.0 Å². The van der Waals surface area contributed by atoms with Gasteiger partial charge in [-0.1, -0.05) is 42.0 Å². The van der Waals surface area contributed by atoms with Crippen molar-refractivity contribution in [3.05, 3.63) is 76.8 Å². The maximum absolute atomic E-state index is 13.7. The molecular formula is C25H23N6O4PS. The van der Waals surface area contributed by atoms with E-state index in [1.54, 1.807) is 22.8 Å². The first-order valence-corrected chi connectivity index (χ1v) is 13.6. The average molecular weight is 535 g/mol. The number of carboxylic acid groups (broad SMARTS) is 1. The van der Waals surface area contributed by atoms with Crippen LogP contribution in [-0.4, -0.2) is 37.8 Å². The lowest BCUT2D eigenvalue weighted by atomic mass is 10.1. The van der Waals surface area contributed by atoms with E-state index in [0.29, 0.717) is 33.0 Å². The number of nitrogens with one attached hydrogen (secondary N) is 1. The van der Waals surface area contributed by atoms with E-state index >= 15 is 0 Å². The number of thiazole rings is 1. The van der Waals surface area contributed by atoms with E-state index < -0.39 is 13.5 Å². The Morgan fingerprint density at radius 2 is 1.84 bits per heavy atom. The van der Waals surface area contributed by atoms with Crippen LogP contribution in [0.15, 0.2) is 60.8 Å². The first-order valence-electron chi connectivity index (χ1n) is 11.2. The summed E-state index contributed by atoms with van der Waals surface area (Å²) < 4.78 is 20.7. The highest BCUT2D eigenvalue weighted by atomic mass is 32.1. The Morgan fingerprint density at radius 3 is 2.49 bits per heavy atom. The molecule has 0 fully saturated rings. The predicted molar refractivity (Wildman–Crippen MR) is 145 cm³/mol. The zero-order valence-corrected chi connectivity index (χ0v) is 21.9. The predicted octanol–water partition coefficient (Wildman–Crippen LogP) is 4.99. The number of fused-ring (bicyclic) bond motifs is 1. The summed E-state index contributed by atoms with van der Waals surface area (Å²) >= 11 is 0.985. The monoisotopic (exact) mass is 534 g/mol. The van der Waals surface area contributed by atoms with Gasteiger partial charge in [0, 0.05) is 30.5 Å². The molecule has 1 unspecified atom stereocenters. The smallest absolute Gasteiger partial charge is 0.349 e. The summed E-state index contributed by atoms with van der Waals surface area (Å²) in [6, 6.07) is 16.3. The SMILES string of the molecule is COP(=O)(Nc1nc(-c2ccc(-c3cc4nccc(N)n4n3)cc2)sc1C(=O)O)c1ccc(C)cc1C. The quantitative estimate of drug-likeness (QED) is 0.246. The summed E-state index contributed by atoms with van der Waals surface area (Å²) in [6.07, 6.45) is 1.62. The van der Waals surface area contributed by atoms with Gasteiger partial charge in [-0.25, -0.2) is 14.8 Å². The lowest BCUT2D eigenvalue weighted by Crippen LogP contribution is -2.17. The number of carboxylic acids is 1. The standard InChI is InChI=1S/C25H23N6O4PS/c1-14-4-9-19(15(2)12-14)36(34,35-3)30-23-22(25(32)33)37-24(28-23)17-7-5-16(6-8-17)18-13-21-27-11-10-20(26)31(21)29-18/h4-13H,26H2,1-3H3,(H,30,34)(H,32,33). The number of nitrogens with two attached hydrogens (primary N) is 1. The molecule has 1 atom stereocenters. The Labute approximate surface area is 216 Å². The molecule has 3 heterocycles. The second-order valence-corrected chi connectivity index (χ2v) is 11.6. The van der Waals surface area contributed by atoms with Gasteiger partial charge in [-0.3, -0.25) is 9.65 Å². The Hall–Kier alpha value is -4.05. The molecule has 0 radical (unpaired) electrons. The van der Waals surface area contributed by atoms with Crippen LogP contribution in [0, 0.1) is 13.8 Å². The van der Waals surface area contributed by atoms with E-state index in [2.05, 4.69) is 20.2 Å². The van der Waals surface area contributed by atoms with Crippen LogP contribution in [-0.2, 0) is 9.09 Å². The number of nitrogen functional groups attached to an aromatic ring is 1. The summed E-state index contributed by atoms with van der Waals surface area (Å²) in [5.41, 5.74) is 10.6. The van der Waals surface area contributed by atoms with Gasteiger partial charge in [0.05, 0.1) is 11.0 Å². The van der Waals surface area contributed by atoms with Crippen LogP contribution in [0.1, 0.15) is 20.8 Å². The van der Waals surface area contributed by atoms with Crippen LogP contribution in [0.5, 0.6) is 0 Å². The molecule has 4 N–H and O–H groups in total. The third-order valence-electron chi connectivity index (χ3n) is 5.82. The second kappa shape index (κ2) is 9.44. The highest BCUT2D eigenvalue weighted by Gasteiger charge is 2.31. The van der Waals surface area contributed by atoms with E-state index in [1.165, 1.54) is 7.11 Å². The van der Waals surface area contributed by atoms with Gasteiger partial charge in [-0.2, -0.15) is 9.61 Å². The van der Waals surface area contributed by atoms with Crippen molar-refractivity contribution in [1.29, 1.82) is 0 Å². The van der Waals surface area contributed by atoms with Crippen molar-refractivity contribution in [1.82, 2.24) is 19.6 Å². The minimum absolute atomic E-state index is 0.0105. The van der Waals surface area contributed by atoms with Crippen LogP contribution in [0.25, 0.3) is 27.5 Å². The maximum atomic E-state index is 13.7. The van der Waals surface area contributed by atoms with Crippen LogP contribution >= 0.6 is 18.9 Å². The second-order valence-electron chi connectivity index (χ2n) is 8.38. The number of aromatic nitrogens is 4. The van der Waals surface area contributed by atoms with Gasteiger partial charge in [0.1, 0.15) is 10.8 Å². The number of hydrogen-bond donors (Lipinski definition) is 3. The van der Waals surface area contributed by atoms with Gasteiger partial charge >= 0.3 is 13.5 Å². The molecule has 0 amide bonds. The fourth-order valence-corrected chi connectivity index (χ4v) is 6.57. The highest BCUT2D eigenvalue weighted by Crippen LogP contribution is 2.47. The van der Waals surface area contributed by atoms with Crippen molar-refractivity contribution < 1.29 is 19.0 Å². The number of hydrogen-bond acceptors (Lipinski definition) is 8. The van der Waals surface area contributed by atoms with Gasteiger partial charge in [0.2, 0.25) is 0 Å². The van der Waals surface area contributed by atoms with Gasteiger partial charge in [-0.15, -0.1) is 11.3 Å². The molecule has 10 nitrogen and oxygen atoms in total. The zero-order chi connectivity index (χ0) is 26.3. The van der Waals surface area contributed by atoms with Crippen molar-refractivity contribution in [3.8, 4) is 21.8 Å². The molecule has 188 valence electrons. The fraction of sp³-hybridized carbons (Fsp3) is 0.120. The first kappa shape index (κ1) is 24.6. The molecule has 2 aromatic carbocycles. The lowest BCUT2D eigenvalue weighted by molar-refractivity contribution is 0.0703. The molecule has 5 aromatic rings.